The van der Waals surface area contributed by atoms with Crippen LogP contribution in [0, 0.1) is 0 Å². The van der Waals surface area contributed by atoms with Gasteiger partial charge in [0, 0.05) is 23.9 Å². The highest BCUT2D eigenvalue weighted by atomic mass is 19.4. The number of hydrogen-bond acceptors (Lipinski definition) is 6. The Bertz CT molecular complexity index is 1350. The number of amides is 1. The lowest BCUT2D eigenvalue weighted by atomic mass is 10.1. The van der Waals surface area contributed by atoms with Crippen LogP contribution >= 0.6 is 0 Å². The zero-order chi connectivity index (χ0) is 30.5. The number of methoxy groups -OCH3 is 1. The smallest absolute Gasteiger partial charge is 0.490 e. The summed E-state index contributed by atoms with van der Waals surface area (Å²) in [6.45, 7) is 3.69. The number of nitrogens with one attached hydrogen (secondary N) is 1. The number of alkyl halides is 3. The number of hydrogen-bond donors (Lipinski definition) is 3. The van der Waals surface area contributed by atoms with E-state index in [0.717, 1.165) is 17.9 Å². The molecule has 1 amide bonds. The Hall–Kier alpha value is -4.51. The van der Waals surface area contributed by atoms with E-state index in [1.807, 2.05) is 36.4 Å². The van der Waals surface area contributed by atoms with Crippen LogP contribution in [0.4, 0.5) is 18.9 Å². The average Bonchev–Trinajstić information content (AvgIpc) is 2.97. The molecule has 0 radical (unpaired) electrons. The highest BCUT2D eigenvalue weighted by molar-refractivity contribution is 6.02. The number of likely N-dealkylation sites (tertiary alicyclic amines) is 1. The van der Waals surface area contributed by atoms with Crippen molar-refractivity contribution in [1.29, 1.82) is 0 Å². The summed E-state index contributed by atoms with van der Waals surface area (Å²) < 4.78 is 42.8. The van der Waals surface area contributed by atoms with Crippen LogP contribution in [0.25, 0.3) is 6.08 Å². The first-order valence-electron chi connectivity index (χ1n) is 13.2. The van der Waals surface area contributed by atoms with Gasteiger partial charge in [0.1, 0.15) is 12.4 Å². The van der Waals surface area contributed by atoms with E-state index in [-0.39, 0.29) is 11.7 Å². The zero-order valence-electron chi connectivity index (χ0n) is 23.1. The summed E-state index contributed by atoms with van der Waals surface area (Å²) in [5.41, 5.74) is 3.57. The van der Waals surface area contributed by atoms with Crippen molar-refractivity contribution < 1.29 is 42.4 Å². The van der Waals surface area contributed by atoms with E-state index in [1.54, 1.807) is 24.3 Å². The molecule has 3 aromatic rings. The summed E-state index contributed by atoms with van der Waals surface area (Å²) in [6, 6.07) is 20.8. The molecule has 8 nitrogen and oxygen atoms in total. The summed E-state index contributed by atoms with van der Waals surface area (Å²) in [6.07, 6.45) is 1.91. The van der Waals surface area contributed by atoms with E-state index in [2.05, 4.69) is 22.3 Å². The molecule has 0 unspecified atom stereocenters. The van der Waals surface area contributed by atoms with E-state index < -0.39 is 12.1 Å². The van der Waals surface area contributed by atoms with Gasteiger partial charge in [-0.2, -0.15) is 13.2 Å². The number of carboxylic acids is 1. The lowest BCUT2D eigenvalue weighted by Gasteiger charge is -2.26. The van der Waals surface area contributed by atoms with Gasteiger partial charge < -0.3 is 25.0 Å². The van der Waals surface area contributed by atoms with Crippen LogP contribution in [0.15, 0.2) is 72.8 Å². The zero-order valence-corrected chi connectivity index (χ0v) is 23.1. The standard InChI is InChI=1S/C29H32N2O4.C2HF3O2/c1-34-28-15-11-22(19-27(28)32)12-16-29(33)30-26-8-4-3-7-24(26)21-35-25-13-9-23(10-14-25)20-31-17-5-2-6-18-31;3-2(4,5)1(6)7/h3-4,7-16,19,32H,2,5-6,17-18,20-21H2,1H3,(H,30,33);(H,6,7)/b16-12+;. The van der Waals surface area contributed by atoms with Crippen molar-refractivity contribution in [2.45, 2.75) is 38.6 Å². The fourth-order valence-corrected chi connectivity index (χ4v) is 4.15. The predicted octanol–water partition coefficient (Wildman–Crippen LogP) is 6.25. The van der Waals surface area contributed by atoms with Crippen molar-refractivity contribution in [1.82, 2.24) is 4.90 Å². The minimum atomic E-state index is -5.08. The van der Waals surface area contributed by atoms with Gasteiger partial charge in [-0.1, -0.05) is 42.8 Å². The van der Waals surface area contributed by atoms with Crippen LogP contribution in [0.3, 0.4) is 0 Å². The third-order valence-electron chi connectivity index (χ3n) is 6.32. The molecule has 0 aliphatic carbocycles. The second-order valence-corrected chi connectivity index (χ2v) is 9.48. The Morgan fingerprint density at radius 2 is 1.67 bits per heavy atom. The molecule has 11 heteroatoms. The first-order valence-corrected chi connectivity index (χ1v) is 13.2. The van der Waals surface area contributed by atoms with E-state index >= 15 is 0 Å². The number of nitrogens with zero attached hydrogens (tertiary/aromatic N) is 1. The molecule has 1 aliphatic rings. The Kier molecular flexibility index (Phi) is 11.8. The van der Waals surface area contributed by atoms with Gasteiger partial charge in [0.05, 0.1) is 7.11 Å². The predicted molar refractivity (Wildman–Crippen MR) is 152 cm³/mol. The van der Waals surface area contributed by atoms with Crippen LogP contribution in [0.2, 0.25) is 0 Å². The van der Waals surface area contributed by atoms with Crippen LogP contribution in [0.5, 0.6) is 17.2 Å². The number of halogens is 3. The molecule has 1 fully saturated rings. The molecule has 0 bridgehead atoms. The van der Waals surface area contributed by atoms with Gasteiger partial charge in [-0.15, -0.1) is 0 Å². The molecule has 42 heavy (non-hydrogen) atoms. The monoisotopic (exact) mass is 586 g/mol. The second kappa shape index (κ2) is 15.5. The van der Waals surface area contributed by atoms with Crippen LogP contribution < -0.4 is 14.8 Å². The molecule has 224 valence electrons. The van der Waals surface area contributed by atoms with E-state index in [4.69, 9.17) is 19.4 Å². The molecule has 1 aliphatic heterocycles. The van der Waals surface area contributed by atoms with Crippen LogP contribution in [-0.2, 0) is 22.7 Å². The number of phenolic OH excluding ortho intramolecular Hbond substituents is 1. The quantitative estimate of drug-likeness (QED) is 0.254. The van der Waals surface area contributed by atoms with Crippen molar-refractivity contribution >= 4 is 23.6 Å². The van der Waals surface area contributed by atoms with E-state index in [9.17, 15) is 23.1 Å². The van der Waals surface area contributed by atoms with Crippen molar-refractivity contribution in [3.8, 4) is 17.2 Å². The maximum atomic E-state index is 12.5. The fraction of sp³-hybridized carbons (Fsp3) is 0.290. The molecule has 1 saturated heterocycles. The summed E-state index contributed by atoms with van der Waals surface area (Å²) in [5.74, 6) is -1.82. The summed E-state index contributed by atoms with van der Waals surface area (Å²) in [4.78, 5) is 23.9. The van der Waals surface area contributed by atoms with Gasteiger partial charge in [0.2, 0.25) is 5.91 Å². The molecular weight excluding hydrogens is 553 g/mol. The SMILES string of the molecule is COc1ccc(/C=C/C(=O)Nc2ccccc2COc2ccc(CN3CCCCC3)cc2)cc1O.O=C(O)C(F)(F)F. The number of ether oxygens (including phenoxy) is 2. The molecule has 4 rings (SSSR count). The molecule has 0 aromatic heterocycles. The van der Waals surface area contributed by atoms with E-state index in [1.165, 1.54) is 51.1 Å². The minimum absolute atomic E-state index is 0.0251. The number of phenols is 1. The number of anilines is 1. The molecule has 3 aromatic carbocycles. The third-order valence-corrected chi connectivity index (χ3v) is 6.32. The van der Waals surface area contributed by atoms with Gasteiger partial charge in [-0.25, -0.2) is 4.79 Å². The molecule has 3 N–H and O–H groups in total. The number of carbonyl (C=O) groups is 2. The van der Waals surface area contributed by atoms with Crippen LogP contribution in [0.1, 0.15) is 36.0 Å². The fourth-order valence-electron chi connectivity index (χ4n) is 4.15. The Balaban J connectivity index is 0.000000616. The summed E-state index contributed by atoms with van der Waals surface area (Å²) >= 11 is 0. The highest BCUT2D eigenvalue weighted by Crippen LogP contribution is 2.27. The topological polar surface area (TPSA) is 108 Å². The molecule has 0 atom stereocenters. The van der Waals surface area contributed by atoms with Crippen molar-refractivity contribution in [2.75, 3.05) is 25.5 Å². The summed E-state index contributed by atoms with van der Waals surface area (Å²) in [7, 11) is 1.49. The Morgan fingerprint density at radius 3 is 2.29 bits per heavy atom. The third kappa shape index (κ3) is 10.5. The number of piperidine rings is 1. The lowest BCUT2D eigenvalue weighted by Crippen LogP contribution is -2.28. The lowest BCUT2D eigenvalue weighted by molar-refractivity contribution is -0.192. The molecule has 1 heterocycles. The maximum Gasteiger partial charge on any atom is 0.490 e. The molecule has 0 spiro atoms. The van der Waals surface area contributed by atoms with Crippen molar-refractivity contribution in [2.24, 2.45) is 0 Å². The van der Waals surface area contributed by atoms with Gasteiger partial charge in [0.15, 0.2) is 11.5 Å². The number of benzene rings is 3. The van der Waals surface area contributed by atoms with Gasteiger partial charge in [-0.05, 0) is 73.5 Å². The van der Waals surface area contributed by atoms with Gasteiger partial charge in [0.25, 0.3) is 0 Å². The second-order valence-electron chi connectivity index (χ2n) is 9.48. The number of carboxylic acid groups (broad SMARTS) is 1. The highest BCUT2D eigenvalue weighted by Gasteiger charge is 2.38. The maximum absolute atomic E-state index is 12.5. The average molecular weight is 587 g/mol. The Labute approximate surface area is 242 Å². The first-order chi connectivity index (χ1) is 20.0. The largest absolute Gasteiger partial charge is 0.504 e. The first kappa shape index (κ1) is 32.0. The Morgan fingerprint density at radius 1 is 1.00 bits per heavy atom. The van der Waals surface area contributed by atoms with Gasteiger partial charge >= 0.3 is 12.1 Å². The number of aliphatic carboxylic acids is 1. The van der Waals surface area contributed by atoms with Crippen molar-refractivity contribution in [3.05, 3.63) is 89.5 Å². The molecule has 0 saturated carbocycles. The number of rotatable bonds is 9. The minimum Gasteiger partial charge on any atom is -0.504 e. The van der Waals surface area contributed by atoms with Gasteiger partial charge in [-0.3, -0.25) is 9.69 Å². The number of aromatic hydroxyl groups is 1. The normalized spacial score (nSPS) is 13.6. The number of carbonyl (C=O) groups excluding carboxylic acids is 1. The number of para-hydroxylation sites is 1. The molecular formula is C31H33F3N2O6. The van der Waals surface area contributed by atoms with Crippen molar-refractivity contribution in [3.63, 3.8) is 0 Å². The van der Waals surface area contributed by atoms with E-state index in [0.29, 0.717) is 23.6 Å². The van der Waals surface area contributed by atoms with Crippen LogP contribution in [-0.4, -0.2) is 53.4 Å². The summed E-state index contributed by atoms with van der Waals surface area (Å²) in [5, 5.41) is 19.9.